The maximum absolute atomic E-state index is 5.01. The summed E-state index contributed by atoms with van der Waals surface area (Å²) >= 11 is 1.80. The van der Waals surface area contributed by atoms with Gasteiger partial charge < -0.3 is 15.4 Å². The number of nitrogens with zero attached hydrogens (tertiary/aromatic N) is 2. The summed E-state index contributed by atoms with van der Waals surface area (Å²) in [4.78, 5) is 8.30. The number of hydrogen-bond donors (Lipinski definition) is 2. The number of rotatable bonds is 6. The summed E-state index contributed by atoms with van der Waals surface area (Å²) in [6.45, 7) is 1.59. The van der Waals surface area contributed by atoms with Crippen LogP contribution in [-0.2, 0) is 6.54 Å². The normalized spacial score (nSPS) is 11.2. The van der Waals surface area contributed by atoms with Crippen LogP contribution in [0.15, 0.2) is 23.3 Å². The number of pyridine rings is 1. The number of aromatic nitrogens is 1. The van der Waals surface area contributed by atoms with Crippen LogP contribution in [0, 0.1) is 0 Å². The predicted molar refractivity (Wildman–Crippen MR) is 77.4 cm³/mol. The Balaban J connectivity index is 2.37. The van der Waals surface area contributed by atoms with Gasteiger partial charge in [-0.05, 0) is 11.8 Å². The first-order chi connectivity index (χ1) is 8.80. The van der Waals surface area contributed by atoms with Gasteiger partial charge in [0.1, 0.15) is 0 Å². The van der Waals surface area contributed by atoms with Crippen LogP contribution in [-0.4, -0.2) is 43.7 Å². The molecule has 0 atom stereocenters. The van der Waals surface area contributed by atoms with E-state index in [1.54, 1.807) is 32.1 Å². The lowest BCUT2D eigenvalue weighted by Gasteiger charge is -2.11. The summed E-state index contributed by atoms with van der Waals surface area (Å²) in [7, 11) is 3.37. The average molecular weight is 268 g/mol. The highest BCUT2D eigenvalue weighted by atomic mass is 32.2. The Morgan fingerprint density at radius 1 is 1.44 bits per heavy atom. The Kier molecular flexibility index (Phi) is 7.01. The van der Waals surface area contributed by atoms with E-state index in [2.05, 4.69) is 26.9 Å². The molecule has 1 aromatic rings. The number of thioether (sulfide) groups is 1. The molecule has 0 saturated heterocycles. The van der Waals surface area contributed by atoms with Crippen LogP contribution in [0.2, 0.25) is 0 Å². The summed E-state index contributed by atoms with van der Waals surface area (Å²) in [5.41, 5.74) is 1.09. The van der Waals surface area contributed by atoms with Crippen molar-refractivity contribution in [2.75, 3.05) is 32.7 Å². The molecule has 2 N–H and O–H groups in total. The maximum atomic E-state index is 5.01. The fraction of sp³-hybridized carbons (Fsp3) is 0.500. The number of nitrogens with one attached hydrogen (secondary N) is 2. The van der Waals surface area contributed by atoms with Gasteiger partial charge in [-0.3, -0.25) is 4.99 Å². The highest BCUT2D eigenvalue weighted by Gasteiger charge is 1.98. The van der Waals surface area contributed by atoms with Crippen LogP contribution < -0.4 is 15.4 Å². The quantitative estimate of drug-likeness (QED) is 0.460. The SMILES string of the molecule is CN=C(NCCSC)NCc1ccc(OC)nc1. The fourth-order valence-corrected chi connectivity index (χ4v) is 1.62. The molecule has 5 nitrogen and oxygen atoms in total. The van der Waals surface area contributed by atoms with Crippen LogP contribution in [0.5, 0.6) is 5.88 Å². The minimum absolute atomic E-state index is 0.626. The standard InChI is InChI=1S/C12H20N4OS/c1-13-12(14-6-7-18-3)16-9-10-4-5-11(17-2)15-8-10/h4-5,8H,6-7,9H2,1-3H3,(H2,13,14,16). The Bertz CT molecular complexity index is 367. The Morgan fingerprint density at radius 3 is 2.83 bits per heavy atom. The molecule has 0 unspecified atom stereocenters. The first-order valence-corrected chi connectivity index (χ1v) is 7.12. The zero-order valence-electron chi connectivity index (χ0n) is 11.1. The Labute approximate surface area is 112 Å². The molecule has 100 valence electrons. The second-order valence-electron chi connectivity index (χ2n) is 3.55. The van der Waals surface area contributed by atoms with Gasteiger partial charge in [0, 0.05) is 38.2 Å². The van der Waals surface area contributed by atoms with Crippen LogP contribution in [0.4, 0.5) is 0 Å². The molecule has 6 heteroatoms. The lowest BCUT2D eigenvalue weighted by molar-refractivity contribution is 0.397. The van der Waals surface area contributed by atoms with E-state index < -0.39 is 0 Å². The van der Waals surface area contributed by atoms with Crippen molar-refractivity contribution in [3.8, 4) is 5.88 Å². The minimum atomic E-state index is 0.626. The van der Waals surface area contributed by atoms with Gasteiger partial charge in [-0.25, -0.2) is 4.98 Å². The monoisotopic (exact) mass is 268 g/mol. The van der Waals surface area contributed by atoms with Crippen molar-refractivity contribution < 1.29 is 4.74 Å². The van der Waals surface area contributed by atoms with E-state index >= 15 is 0 Å². The van der Waals surface area contributed by atoms with E-state index in [0.717, 1.165) is 23.8 Å². The average Bonchev–Trinajstić information content (AvgIpc) is 2.43. The first kappa shape index (κ1) is 14.6. The summed E-state index contributed by atoms with van der Waals surface area (Å²) in [5.74, 6) is 2.49. The molecular weight excluding hydrogens is 248 g/mol. The summed E-state index contributed by atoms with van der Waals surface area (Å²) in [6, 6.07) is 3.83. The highest BCUT2D eigenvalue weighted by molar-refractivity contribution is 7.98. The molecule has 0 aliphatic heterocycles. The van der Waals surface area contributed by atoms with Gasteiger partial charge in [0.2, 0.25) is 5.88 Å². The van der Waals surface area contributed by atoms with Gasteiger partial charge in [-0.2, -0.15) is 11.8 Å². The number of hydrogen-bond acceptors (Lipinski definition) is 4. The van der Waals surface area contributed by atoms with Crippen LogP contribution in [0.1, 0.15) is 5.56 Å². The lowest BCUT2D eigenvalue weighted by Crippen LogP contribution is -2.37. The molecule has 0 spiro atoms. The third kappa shape index (κ3) is 5.27. The van der Waals surface area contributed by atoms with Crippen molar-refractivity contribution in [3.05, 3.63) is 23.9 Å². The third-order valence-corrected chi connectivity index (χ3v) is 2.90. The van der Waals surface area contributed by atoms with E-state index in [1.807, 2.05) is 12.1 Å². The Hall–Kier alpha value is -1.43. The number of ether oxygens (including phenoxy) is 1. The van der Waals surface area contributed by atoms with E-state index in [4.69, 9.17) is 4.74 Å². The largest absolute Gasteiger partial charge is 0.481 e. The van der Waals surface area contributed by atoms with Crippen molar-refractivity contribution in [1.29, 1.82) is 0 Å². The molecule has 1 heterocycles. The molecule has 18 heavy (non-hydrogen) atoms. The van der Waals surface area contributed by atoms with Crippen molar-refractivity contribution in [1.82, 2.24) is 15.6 Å². The molecule has 0 bridgehead atoms. The maximum Gasteiger partial charge on any atom is 0.212 e. The van der Waals surface area contributed by atoms with Gasteiger partial charge >= 0.3 is 0 Å². The van der Waals surface area contributed by atoms with Crippen molar-refractivity contribution in [3.63, 3.8) is 0 Å². The molecule has 0 aliphatic carbocycles. The van der Waals surface area contributed by atoms with E-state index in [-0.39, 0.29) is 0 Å². The van der Waals surface area contributed by atoms with Crippen LogP contribution in [0.3, 0.4) is 0 Å². The molecule has 1 rings (SSSR count). The fourth-order valence-electron chi connectivity index (χ4n) is 1.31. The number of aliphatic imine (C=N–C) groups is 1. The van der Waals surface area contributed by atoms with Crippen LogP contribution >= 0.6 is 11.8 Å². The molecule has 1 aromatic heterocycles. The molecule has 0 amide bonds. The van der Waals surface area contributed by atoms with Crippen molar-refractivity contribution in [2.45, 2.75) is 6.54 Å². The first-order valence-electron chi connectivity index (χ1n) is 5.72. The lowest BCUT2D eigenvalue weighted by atomic mass is 10.3. The highest BCUT2D eigenvalue weighted by Crippen LogP contribution is 2.05. The molecule has 0 saturated carbocycles. The number of guanidine groups is 1. The molecule has 0 aromatic carbocycles. The molecule has 0 aliphatic rings. The van der Waals surface area contributed by atoms with Gasteiger partial charge in [-0.1, -0.05) is 6.07 Å². The van der Waals surface area contributed by atoms with Crippen LogP contribution in [0.25, 0.3) is 0 Å². The zero-order valence-corrected chi connectivity index (χ0v) is 11.9. The smallest absolute Gasteiger partial charge is 0.212 e. The third-order valence-electron chi connectivity index (χ3n) is 2.29. The topological polar surface area (TPSA) is 58.5 Å². The van der Waals surface area contributed by atoms with Gasteiger partial charge in [0.05, 0.1) is 7.11 Å². The number of methoxy groups -OCH3 is 1. The molecular formula is C12H20N4OS. The second kappa shape index (κ2) is 8.63. The Morgan fingerprint density at radius 2 is 2.28 bits per heavy atom. The molecule has 0 fully saturated rings. The van der Waals surface area contributed by atoms with Crippen molar-refractivity contribution in [2.24, 2.45) is 4.99 Å². The summed E-state index contributed by atoms with van der Waals surface area (Å²) in [6.07, 6.45) is 3.88. The second-order valence-corrected chi connectivity index (χ2v) is 4.54. The van der Waals surface area contributed by atoms with E-state index in [1.165, 1.54) is 0 Å². The van der Waals surface area contributed by atoms with E-state index in [9.17, 15) is 0 Å². The van der Waals surface area contributed by atoms with Gasteiger partial charge in [0.25, 0.3) is 0 Å². The summed E-state index contributed by atoms with van der Waals surface area (Å²) in [5, 5.41) is 6.47. The molecule has 0 radical (unpaired) electrons. The zero-order chi connectivity index (χ0) is 13.2. The summed E-state index contributed by atoms with van der Waals surface area (Å²) < 4.78 is 5.01. The van der Waals surface area contributed by atoms with Gasteiger partial charge in [-0.15, -0.1) is 0 Å². The predicted octanol–water partition coefficient (Wildman–Crippen LogP) is 1.12. The van der Waals surface area contributed by atoms with E-state index in [0.29, 0.717) is 12.4 Å². The van der Waals surface area contributed by atoms with Crippen molar-refractivity contribution >= 4 is 17.7 Å². The minimum Gasteiger partial charge on any atom is -0.481 e. The van der Waals surface area contributed by atoms with Gasteiger partial charge in [0.15, 0.2) is 5.96 Å².